The van der Waals surface area contributed by atoms with Crippen LogP contribution in [0.25, 0.3) is 0 Å². The Morgan fingerprint density at radius 2 is 1.88 bits per heavy atom. The maximum atomic E-state index is 9.49. The Kier molecular flexibility index (Phi) is 5.74. The molecule has 1 atom stereocenters. The molecule has 4 nitrogen and oxygen atoms in total. The number of ether oxygens (including phenoxy) is 2. The first kappa shape index (κ1) is 17.9. The molecule has 4 heteroatoms. The third-order valence-electron chi connectivity index (χ3n) is 4.97. The average molecular weight is 341 g/mol. The summed E-state index contributed by atoms with van der Waals surface area (Å²) in [5.41, 5.74) is 3.55. The second kappa shape index (κ2) is 8.00. The topological polar surface area (TPSA) is 50.7 Å². The van der Waals surface area contributed by atoms with Gasteiger partial charge in [0.25, 0.3) is 0 Å². The summed E-state index contributed by atoms with van der Waals surface area (Å²) in [6.07, 6.45) is 0. The monoisotopic (exact) mass is 341 g/mol. The van der Waals surface area contributed by atoms with E-state index < -0.39 is 0 Å². The number of aryl methyl sites for hydroxylation is 1. The Labute approximate surface area is 149 Å². The Morgan fingerprint density at radius 3 is 2.48 bits per heavy atom. The number of aliphatic hydroxyl groups is 1. The van der Waals surface area contributed by atoms with Crippen LogP contribution >= 0.6 is 0 Å². The molecule has 1 heterocycles. The lowest BCUT2D eigenvalue weighted by Crippen LogP contribution is -2.52. The minimum absolute atomic E-state index is 0.106. The molecule has 0 saturated carbocycles. The van der Waals surface area contributed by atoms with E-state index in [-0.39, 0.29) is 18.1 Å². The van der Waals surface area contributed by atoms with Crippen molar-refractivity contribution in [1.29, 1.82) is 0 Å². The lowest BCUT2D eigenvalue weighted by atomic mass is 9.86. The van der Waals surface area contributed by atoms with Crippen LogP contribution in [0, 0.1) is 12.3 Å². The van der Waals surface area contributed by atoms with Crippen molar-refractivity contribution in [3.63, 3.8) is 0 Å². The third kappa shape index (κ3) is 4.40. The Balaban J connectivity index is 1.52. The molecular formula is C21H27NO3. The number of nitrogens with one attached hydrogen (secondary N) is 1. The maximum Gasteiger partial charge on any atom is 0.119 e. The third-order valence-corrected chi connectivity index (χ3v) is 4.97. The molecule has 1 fully saturated rings. The summed E-state index contributed by atoms with van der Waals surface area (Å²) >= 11 is 0. The summed E-state index contributed by atoms with van der Waals surface area (Å²) in [7, 11) is 0. The van der Waals surface area contributed by atoms with E-state index in [1.807, 2.05) is 24.3 Å². The van der Waals surface area contributed by atoms with E-state index in [4.69, 9.17) is 9.47 Å². The van der Waals surface area contributed by atoms with Crippen molar-refractivity contribution in [1.82, 2.24) is 5.32 Å². The normalized spacial score (nSPS) is 16.9. The zero-order valence-electron chi connectivity index (χ0n) is 15.0. The van der Waals surface area contributed by atoms with Gasteiger partial charge in [0.05, 0.1) is 25.2 Å². The predicted octanol–water partition coefficient (Wildman–Crippen LogP) is 3.23. The van der Waals surface area contributed by atoms with Crippen molar-refractivity contribution in [2.45, 2.75) is 26.5 Å². The SMILES string of the molecule is Cc1ccccc1COc1ccc(C(C)NCC2(CO)COC2)cc1. The second-order valence-corrected chi connectivity index (χ2v) is 7.04. The zero-order chi connectivity index (χ0) is 17.7. The van der Waals surface area contributed by atoms with Gasteiger partial charge in [-0.1, -0.05) is 36.4 Å². The Bertz CT molecular complexity index is 674. The molecule has 1 saturated heterocycles. The highest BCUT2D eigenvalue weighted by atomic mass is 16.5. The minimum Gasteiger partial charge on any atom is -0.489 e. The lowest BCUT2D eigenvalue weighted by molar-refractivity contribution is -0.135. The highest BCUT2D eigenvalue weighted by Gasteiger charge is 2.37. The summed E-state index contributed by atoms with van der Waals surface area (Å²) in [5, 5.41) is 13.0. The fraction of sp³-hybridized carbons (Fsp3) is 0.429. The first-order valence-corrected chi connectivity index (χ1v) is 8.81. The summed E-state index contributed by atoms with van der Waals surface area (Å²) in [6, 6.07) is 16.7. The molecule has 0 amide bonds. The molecule has 1 aliphatic rings. The first-order valence-electron chi connectivity index (χ1n) is 8.81. The van der Waals surface area contributed by atoms with Crippen LogP contribution in [-0.4, -0.2) is 31.5 Å². The van der Waals surface area contributed by atoms with Crippen LogP contribution in [0.2, 0.25) is 0 Å². The Hall–Kier alpha value is -1.88. The van der Waals surface area contributed by atoms with E-state index >= 15 is 0 Å². The van der Waals surface area contributed by atoms with Gasteiger partial charge in [-0.05, 0) is 42.7 Å². The van der Waals surface area contributed by atoms with Crippen LogP contribution in [0.3, 0.4) is 0 Å². The maximum absolute atomic E-state index is 9.49. The molecule has 2 N–H and O–H groups in total. The molecular weight excluding hydrogens is 314 g/mol. The molecule has 0 aliphatic carbocycles. The van der Waals surface area contributed by atoms with Gasteiger partial charge in [0.15, 0.2) is 0 Å². The van der Waals surface area contributed by atoms with E-state index in [9.17, 15) is 5.11 Å². The van der Waals surface area contributed by atoms with Gasteiger partial charge in [-0.25, -0.2) is 0 Å². The van der Waals surface area contributed by atoms with Crippen LogP contribution in [0.5, 0.6) is 5.75 Å². The molecule has 1 aliphatic heterocycles. The first-order chi connectivity index (χ1) is 12.1. The van der Waals surface area contributed by atoms with Gasteiger partial charge in [0.2, 0.25) is 0 Å². The van der Waals surface area contributed by atoms with Crippen molar-refractivity contribution in [3.05, 3.63) is 65.2 Å². The minimum atomic E-state index is -0.106. The van der Waals surface area contributed by atoms with Gasteiger partial charge in [-0.2, -0.15) is 0 Å². The molecule has 0 aromatic heterocycles. The van der Waals surface area contributed by atoms with Crippen LogP contribution in [0.15, 0.2) is 48.5 Å². The van der Waals surface area contributed by atoms with E-state index in [0.29, 0.717) is 19.8 Å². The van der Waals surface area contributed by atoms with Crippen LogP contribution in [0.1, 0.15) is 29.7 Å². The van der Waals surface area contributed by atoms with Crippen molar-refractivity contribution in [3.8, 4) is 5.75 Å². The molecule has 0 spiro atoms. The molecule has 134 valence electrons. The van der Waals surface area contributed by atoms with Crippen LogP contribution in [0.4, 0.5) is 0 Å². The average Bonchev–Trinajstić information content (AvgIpc) is 2.61. The highest BCUT2D eigenvalue weighted by molar-refractivity contribution is 5.30. The Morgan fingerprint density at radius 1 is 1.16 bits per heavy atom. The van der Waals surface area contributed by atoms with Gasteiger partial charge in [0, 0.05) is 12.6 Å². The van der Waals surface area contributed by atoms with Crippen LogP contribution < -0.4 is 10.1 Å². The quantitative estimate of drug-likeness (QED) is 0.774. The number of benzene rings is 2. The van der Waals surface area contributed by atoms with Crippen molar-refractivity contribution < 1.29 is 14.6 Å². The molecule has 0 bridgehead atoms. The molecule has 25 heavy (non-hydrogen) atoms. The largest absolute Gasteiger partial charge is 0.489 e. The summed E-state index contributed by atoms with van der Waals surface area (Å²) in [6.45, 7) is 7.01. The van der Waals surface area contributed by atoms with Gasteiger partial charge < -0.3 is 19.9 Å². The molecule has 2 aromatic rings. The van der Waals surface area contributed by atoms with Gasteiger partial charge in [0.1, 0.15) is 12.4 Å². The van der Waals surface area contributed by atoms with E-state index in [2.05, 4.69) is 43.4 Å². The molecule has 0 radical (unpaired) electrons. The number of hydrogen-bond acceptors (Lipinski definition) is 4. The fourth-order valence-corrected chi connectivity index (χ4v) is 2.91. The number of rotatable bonds is 8. The lowest BCUT2D eigenvalue weighted by Gasteiger charge is -2.40. The molecule has 1 unspecified atom stereocenters. The van der Waals surface area contributed by atoms with Crippen molar-refractivity contribution in [2.75, 3.05) is 26.4 Å². The van der Waals surface area contributed by atoms with Crippen molar-refractivity contribution in [2.24, 2.45) is 5.41 Å². The second-order valence-electron chi connectivity index (χ2n) is 7.04. The van der Waals surface area contributed by atoms with E-state index in [1.165, 1.54) is 16.7 Å². The molecule has 3 rings (SSSR count). The summed E-state index contributed by atoms with van der Waals surface area (Å²) < 4.78 is 11.1. The standard InChI is InChI=1S/C21H27NO3/c1-16-5-3-4-6-19(16)11-25-20-9-7-18(8-10-20)17(2)22-12-21(13-23)14-24-15-21/h3-10,17,22-23H,11-15H2,1-2H3. The fourth-order valence-electron chi connectivity index (χ4n) is 2.91. The number of aliphatic hydroxyl groups excluding tert-OH is 1. The smallest absolute Gasteiger partial charge is 0.119 e. The van der Waals surface area contributed by atoms with E-state index in [0.717, 1.165) is 12.3 Å². The summed E-state index contributed by atoms with van der Waals surface area (Å²) in [4.78, 5) is 0. The number of hydrogen-bond donors (Lipinski definition) is 2. The molecule has 2 aromatic carbocycles. The van der Waals surface area contributed by atoms with Crippen molar-refractivity contribution >= 4 is 0 Å². The zero-order valence-corrected chi connectivity index (χ0v) is 15.0. The van der Waals surface area contributed by atoms with Gasteiger partial charge in [-0.15, -0.1) is 0 Å². The predicted molar refractivity (Wildman–Crippen MR) is 98.7 cm³/mol. The highest BCUT2D eigenvalue weighted by Crippen LogP contribution is 2.27. The summed E-state index contributed by atoms with van der Waals surface area (Å²) in [5.74, 6) is 0.874. The van der Waals surface area contributed by atoms with Gasteiger partial charge >= 0.3 is 0 Å². The van der Waals surface area contributed by atoms with Crippen LogP contribution in [-0.2, 0) is 11.3 Å². The van der Waals surface area contributed by atoms with Gasteiger partial charge in [-0.3, -0.25) is 0 Å². The van der Waals surface area contributed by atoms with E-state index in [1.54, 1.807) is 0 Å².